The molecule has 2 aliphatic heterocycles. The van der Waals surface area contributed by atoms with Crippen LogP contribution in [0.15, 0.2) is 0 Å². The SMILES string of the molecule is NC(=O)N1CCCC(C(=O)N2CCN(C3C4CC5CC(C4)CC3C5)CC2)C1. The van der Waals surface area contributed by atoms with Crippen LogP contribution in [0.3, 0.4) is 0 Å². The van der Waals surface area contributed by atoms with Crippen LogP contribution in [-0.4, -0.2) is 71.9 Å². The zero-order chi connectivity index (χ0) is 18.5. The molecular formula is C21H34N4O2. The minimum Gasteiger partial charge on any atom is -0.351 e. The summed E-state index contributed by atoms with van der Waals surface area (Å²) in [5.74, 6) is 4.07. The lowest BCUT2D eigenvalue weighted by Gasteiger charge is -2.58. The van der Waals surface area contributed by atoms with E-state index in [-0.39, 0.29) is 17.9 Å². The van der Waals surface area contributed by atoms with E-state index in [2.05, 4.69) is 9.80 Å². The van der Waals surface area contributed by atoms with E-state index in [9.17, 15) is 9.59 Å². The van der Waals surface area contributed by atoms with Gasteiger partial charge in [-0.05, 0) is 68.6 Å². The molecule has 2 N–H and O–H groups in total. The summed E-state index contributed by atoms with van der Waals surface area (Å²) in [6.07, 6.45) is 9.12. The van der Waals surface area contributed by atoms with E-state index in [0.29, 0.717) is 13.1 Å². The Bertz CT molecular complexity index is 573. The second-order valence-corrected chi connectivity index (χ2v) is 9.91. The molecule has 0 spiro atoms. The second kappa shape index (κ2) is 6.94. The summed E-state index contributed by atoms with van der Waals surface area (Å²) in [6.45, 7) is 4.97. The van der Waals surface area contributed by atoms with Crippen LogP contribution in [-0.2, 0) is 4.79 Å². The van der Waals surface area contributed by atoms with Gasteiger partial charge in [0.2, 0.25) is 5.91 Å². The quantitative estimate of drug-likeness (QED) is 0.800. The van der Waals surface area contributed by atoms with Crippen molar-refractivity contribution in [3.63, 3.8) is 0 Å². The fourth-order valence-electron chi connectivity index (χ4n) is 7.37. The average molecular weight is 375 g/mol. The molecule has 2 saturated heterocycles. The van der Waals surface area contributed by atoms with Gasteiger partial charge in [0.15, 0.2) is 0 Å². The first-order chi connectivity index (χ1) is 13.1. The van der Waals surface area contributed by atoms with Gasteiger partial charge in [-0.2, -0.15) is 0 Å². The molecule has 0 aromatic heterocycles. The van der Waals surface area contributed by atoms with Gasteiger partial charge in [-0.15, -0.1) is 0 Å². The van der Waals surface area contributed by atoms with Crippen molar-refractivity contribution in [1.82, 2.24) is 14.7 Å². The van der Waals surface area contributed by atoms with Crippen molar-refractivity contribution in [3.05, 3.63) is 0 Å². The van der Waals surface area contributed by atoms with Gasteiger partial charge in [0, 0.05) is 45.3 Å². The molecule has 2 heterocycles. The van der Waals surface area contributed by atoms with Gasteiger partial charge in [0.25, 0.3) is 0 Å². The fourth-order valence-corrected chi connectivity index (χ4v) is 7.37. The Balaban J connectivity index is 1.17. The molecule has 6 nitrogen and oxygen atoms in total. The first kappa shape index (κ1) is 17.8. The van der Waals surface area contributed by atoms with Crippen LogP contribution in [0, 0.1) is 29.6 Å². The van der Waals surface area contributed by atoms with Gasteiger partial charge in [-0.3, -0.25) is 9.69 Å². The largest absolute Gasteiger partial charge is 0.351 e. The minimum absolute atomic E-state index is 0.0565. The van der Waals surface area contributed by atoms with Crippen molar-refractivity contribution in [2.24, 2.45) is 35.3 Å². The standard InChI is InChI=1S/C21H34N4O2/c22-21(27)25-3-1-2-16(13-25)20(26)24-6-4-23(5-7-24)19-17-9-14-8-15(11-17)12-18(19)10-14/h14-19H,1-13H2,(H2,22,27). The molecule has 0 aromatic carbocycles. The number of piperazine rings is 1. The van der Waals surface area contributed by atoms with Crippen LogP contribution < -0.4 is 5.73 Å². The molecule has 6 fully saturated rings. The summed E-state index contributed by atoms with van der Waals surface area (Å²) in [6, 6.07) is 0.397. The summed E-state index contributed by atoms with van der Waals surface area (Å²) < 4.78 is 0. The number of likely N-dealkylation sites (tertiary alicyclic amines) is 1. The molecule has 1 atom stereocenters. The molecule has 4 saturated carbocycles. The molecule has 1 unspecified atom stereocenters. The third-order valence-electron chi connectivity index (χ3n) is 8.31. The Morgan fingerprint density at radius 2 is 1.41 bits per heavy atom. The van der Waals surface area contributed by atoms with Gasteiger partial charge in [0.05, 0.1) is 5.92 Å². The highest BCUT2D eigenvalue weighted by Gasteiger charge is 2.50. The summed E-state index contributed by atoms with van der Waals surface area (Å²) >= 11 is 0. The van der Waals surface area contributed by atoms with Crippen molar-refractivity contribution in [1.29, 1.82) is 0 Å². The highest BCUT2D eigenvalue weighted by atomic mass is 16.2. The number of hydrogen-bond donors (Lipinski definition) is 1. The van der Waals surface area contributed by atoms with E-state index < -0.39 is 0 Å². The van der Waals surface area contributed by atoms with Crippen LogP contribution in [0.5, 0.6) is 0 Å². The number of urea groups is 1. The van der Waals surface area contributed by atoms with E-state index in [1.807, 2.05) is 0 Å². The van der Waals surface area contributed by atoms with Gasteiger partial charge in [-0.25, -0.2) is 4.79 Å². The molecule has 0 aromatic rings. The van der Waals surface area contributed by atoms with Crippen LogP contribution in [0.2, 0.25) is 0 Å². The predicted octanol–water partition coefficient (Wildman–Crippen LogP) is 1.75. The number of hydrogen-bond acceptors (Lipinski definition) is 3. The molecule has 150 valence electrons. The lowest BCUT2D eigenvalue weighted by molar-refractivity contribution is -0.141. The smallest absolute Gasteiger partial charge is 0.314 e. The van der Waals surface area contributed by atoms with Crippen LogP contribution in [0.4, 0.5) is 4.79 Å². The number of carbonyl (C=O) groups excluding carboxylic acids is 2. The molecule has 6 heteroatoms. The number of primary amides is 1. The Labute approximate surface area is 162 Å². The molecule has 6 aliphatic rings. The molecule has 4 aliphatic carbocycles. The zero-order valence-electron chi connectivity index (χ0n) is 16.4. The van der Waals surface area contributed by atoms with E-state index in [1.54, 1.807) is 4.90 Å². The normalized spacial score (nSPS) is 41.8. The van der Waals surface area contributed by atoms with E-state index >= 15 is 0 Å². The summed E-state index contributed by atoms with van der Waals surface area (Å²) in [7, 11) is 0. The lowest BCUT2D eigenvalue weighted by Crippen LogP contribution is -2.61. The van der Waals surface area contributed by atoms with Crippen molar-refractivity contribution >= 4 is 11.9 Å². The van der Waals surface area contributed by atoms with Gasteiger partial charge >= 0.3 is 6.03 Å². The van der Waals surface area contributed by atoms with Crippen molar-refractivity contribution < 1.29 is 9.59 Å². The number of rotatable bonds is 2. The van der Waals surface area contributed by atoms with E-state index in [4.69, 9.17) is 5.73 Å². The van der Waals surface area contributed by atoms with Gasteiger partial charge in [0.1, 0.15) is 0 Å². The number of nitrogens with zero attached hydrogens (tertiary/aromatic N) is 3. The van der Waals surface area contributed by atoms with Crippen LogP contribution in [0.1, 0.15) is 44.9 Å². The molecule has 3 amide bonds. The van der Waals surface area contributed by atoms with Gasteiger partial charge in [-0.1, -0.05) is 0 Å². The van der Waals surface area contributed by atoms with E-state index in [0.717, 1.165) is 68.7 Å². The molecule has 4 bridgehead atoms. The van der Waals surface area contributed by atoms with Crippen LogP contribution in [0.25, 0.3) is 0 Å². The maximum atomic E-state index is 13.0. The van der Waals surface area contributed by atoms with E-state index in [1.165, 1.54) is 32.1 Å². The lowest BCUT2D eigenvalue weighted by atomic mass is 9.54. The molecule has 0 radical (unpaired) electrons. The third-order valence-corrected chi connectivity index (χ3v) is 8.31. The molecule has 27 heavy (non-hydrogen) atoms. The molecular weight excluding hydrogens is 340 g/mol. The topological polar surface area (TPSA) is 69.9 Å². The average Bonchev–Trinajstić information content (AvgIpc) is 2.67. The minimum atomic E-state index is -0.390. The Hall–Kier alpha value is -1.30. The maximum absolute atomic E-state index is 13.0. The van der Waals surface area contributed by atoms with Gasteiger partial charge < -0.3 is 15.5 Å². The van der Waals surface area contributed by atoms with Crippen molar-refractivity contribution in [2.45, 2.75) is 51.0 Å². The monoisotopic (exact) mass is 374 g/mol. The Morgan fingerprint density at radius 3 is 2.00 bits per heavy atom. The number of nitrogens with two attached hydrogens (primary N) is 1. The maximum Gasteiger partial charge on any atom is 0.314 e. The summed E-state index contributed by atoms with van der Waals surface area (Å²) in [5.41, 5.74) is 5.42. The molecule has 6 rings (SSSR count). The first-order valence-electron chi connectivity index (χ1n) is 11.2. The highest BCUT2D eigenvalue weighted by Crippen LogP contribution is 2.55. The van der Waals surface area contributed by atoms with Crippen LogP contribution >= 0.6 is 0 Å². The number of piperidine rings is 1. The fraction of sp³-hybridized carbons (Fsp3) is 0.905. The Kier molecular flexibility index (Phi) is 4.57. The second-order valence-electron chi connectivity index (χ2n) is 9.91. The predicted molar refractivity (Wildman–Crippen MR) is 103 cm³/mol. The first-order valence-corrected chi connectivity index (χ1v) is 11.2. The third kappa shape index (κ3) is 3.24. The summed E-state index contributed by atoms with van der Waals surface area (Å²) in [5, 5.41) is 0. The number of carbonyl (C=O) groups is 2. The summed E-state index contributed by atoms with van der Waals surface area (Å²) in [4.78, 5) is 30.9. The van der Waals surface area contributed by atoms with Crippen molar-refractivity contribution in [2.75, 3.05) is 39.3 Å². The highest BCUT2D eigenvalue weighted by molar-refractivity contribution is 5.80. The number of amides is 3. The Morgan fingerprint density at radius 1 is 0.778 bits per heavy atom. The van der Waals surface area contributed by atoms with Crippen molar-refractivity contribution in [3.8, 4) is 0 Å². The zero-order valence-corrected chi connectivity index (χ0v) is 16.4.